The lowest BCUT2D eigenvalue weighted by molar-refractivity contribution is -0.146. The van der Waals surface area contributed by atoms with Crippen LogP contribution < -0.4 is 9.47 Å². The van der Waals surface area contributed by atoms with Crippen LogP contribution in [0.4, 0.5) is 0 Å². The second-order valence-corrected chi connectivity index (χ2v) is 5.82. The van der Waals surface area contributed by atoms with Crippen molar-refractivity contribution in [3.05, 3.63) is 71.8 Å². The summed E-state index contributed by atoms with van der Waals surface area (Å²) in [5, 5.41) is 0. The van der Waals surface area contributed by atoms with Gasteiger partial charge in [-0.15, -0.1) is 0 Å². The Labute approximate surface area is 160 Å². The van der Waals surface area contributed by atoms with E-state index in [4.69, 9.17) is 9.47 Å². The number of esters is 2. The molecule has 0 aliphatic rings. The minimum Gasteiger partial charge on any atom is -0.423 e. The first kappa shape index (κ1) is 20.4. The average molecular weight is 380 g/mol. The molecule has 28 heavy (non-hydrogen) atoms. The van der Waals surface area contributed by atoms with E-state index in [2.05, 4.69) is 6.58 Å². The van der Waals surface area contributed by atoms with Crippen LogP contribution in [-0.4, -0.2) is 29.3 Å². The van der Waals surface area contributed by atoms with Gasteiger partial charge in [0.05, 0.1) is 0 Å². The summed E-state index contributed by atoms with van der Waals surface area (Å²) in [5.74, 6) is -3.61. The minimum atomic E-state index is -1.03. The molecule has 0 bridgehead atoms. The highest BCUT2D eigenvalue weighted by molar-refractivity contribution is 6.49. The zero-order valence-electron chi connectivity index (χ0n) is 15.2. The number of benzene rings is 2. The van der Waals surface area contributed by atoms with Crippen LogP contribution in [0.3, 0.4) is 0 Å². The topological polar surface area (TPSA) is 104 Å². The first-order valence-electron chi connectivity index (χ1n) is 8.08. The first-order chi connectivity index (χ1) is 13.2. The average Bonchev–Trinajstić information content (AvgIpc) is 2.67. The highest BCUT2D eigenvalue weighted by Gasteiger charge is 2.19. The number of rotatable bonds is 7. The molecule has 0 amide bonds. The standard InChI is InChI=1S/C21H16O7/c1-12(2)20(25)27-16-8-4-14(5-9-16)18(23)19(24)15-6-10-17(11-7-15)28-21(26)13(3)22/h4-11H,1H2,2-3H3. The molecule has 2 aromatic carbocycles. The molecule has 0 heterocycles. The maximum Gasteiger partial charge on any atom is 0.379 e. The van der Waals surface area contributed by atoms with Crippen LogP contribution in [0.1, 0.15) is 34.6 Å². The van der Waals surface area contributed by atoms with Gasteiger partial charge in [0.15, 0.2) is 0 Å². The monoisotopic (exact) mass is 380 g/mol. The van der Waals surface area contributed by atoms with E-state index in [0.29, 0.717) is 0 Å². The van der Waals surface area contributed by atoms with Gasteiger partial charge in [-0.3, -0.25) is 14.4 Å². The largest absolute Gasteiger partial charge is 0.423 e. The van der Waals surface area contributed by atoms with Crippen molar-refractivity contribution >= 4 is 29.3 Å². The summed E-state index contributed by atoms with van der Waals surface area (Å²) >= 11 is 0. The second-order valence-electron chi connectivity index (χ2n) is 5.82. The molecule has 2 aromatic rings. The lowest BCUT2D eigenvalue weighted by Gasteiger charge is -2.06. The molecule has 0 atom stereocenters. The molecular formula is C21H16O7. The van der Waals surface area contributed by atoms with E-state index in [9.17, 15) is 24.0 Å². The Bertz CT molecular complexity index is 885. The number of carbonyl (C=O) groups excluding carboxylic acids is 5. The Hall–Kier alpha value is -3.87. The summed E-state index contributed by atoms with van der Waals surface area (Å²) in [7, 11) is 0. The summed E-state index contributed by atoms with van der Waals surface area (Å²) < 4.78 is 9.80. The van der Waals surface area contributed by atoms with Crippen LogP contribution >= 0.6 is 0 Å². The summed E-state index contributed by atoms with van der Waals surface area (Å²) in [6.45, 7) is 6.04. The lowest BCUT2D eigenvalue weighted by Crippen LogP contribution is -2.17. The maximum atomic E-state index is 12.3. The quantitative estimate of drug-likeness (QED) is 0.239. The molecule has 0 aromatic heterocycles. The van der Waals surface area contributed by atoms with Gasteiger partial charge < -0.3 is 9.47 Å². The number of carbonyl (C=O) groups is 5. The van der Waals surface area contributed by atoms with Crippen molar-refractivity contribution < 1.29 is 33.4 Å². The van der Waals surface area contributed by atoms with Crippen LogP contribution in [0.2, 0.25) is 0 Å². The fourth-order valence-corrected chi connectivity index (χ4v) is 1.98. The normalized spacial score (nSPS) is 9.93. The second kappa shape index (κ2) is 8.68. The molecule has 142 valence electrons. The molecule has 7 nitrogen and oxygen atoms in total. The third-order valence-corrected chi connectivity index (χ3v) is 3.50. The molecule has 0 radical (unpaired) electrons. The van der Waals surface area contributed by atoms with E-state index in [1.165, 1.54) is 55.5 Å². The van der Waals surface area contributed by atoms with Crippen molar-refractivity contribution in [2.45, 2.75) is 13.8 Å². The summed E-state index contributed by atoms with van der Waals surface area (Å²) in [6.07, 6.45) is 0. The van der Waals surface area contributed by atoms with Crippen LogP contribution in [0.25, 0.3) is 0 Å². The van der Waals surface area contributed by atoms with Gasteiger partial charge in [-0.2, -0.15) is 0 Å². The Morgan fingerprint density at radius 2 is 1.00 bits per heavy atom. The third-order valence-electron chi connectivity index (χ3n) is 3.50. The maximum absolute atomic E-state index is 12.3. The van der Waals surface area contributed by atoms with Gasteiger partial charge >= 0.3 is 11.9 Å². The van der Waals surface area contributed by atoms with Crippen molar-refractivity contribution in [1.82, 2.24) is 0 Å². The van der Waals surface area contributed by atoms with Crippen molar-refractivity contribution in [2.75, 3.05) is 0 Å². The first-order valence-corrected chi connectivity index (χ1v) is 8.08. The molecule has 0 spiro atoms. The smallest absolute Gasteiger partial charge is 0.379 e. The molecule has 0 N–H and O–H groups in total. The van der Waals surface area contributed by atoms with E-state index in [0.717, 1.165) is 6.92 Å². The number of Topliss-reactive ketones (excluding diaryl/α,β-unsaturated/α-hetero) is 3. The van der Waals surface area contributed by atoms with Crippen molar-refractivity contribution in [3.8, 4) is 11.5 Å². The van der Waals surface area contributed by atoms with Gasteiger partial charge in [0.25, 0.3) is 0 Å². The van der Waals surface area contributed by atoms with Gasteiger partial charge in [0, 0.05) is 23.6 Å². The number of ether oxygens (including phenoxy) is 2. The van der Waals surface area contributed by atoms with Gasteiger partial charge in [0.1, 0.15) is 11.5 Å². The molecule has 0 aliphatic carbocycles. The van der Waals surface area contributed by atoms with Gasteiger partial charge in [-0.05, 0) is 55.5 Å². The molecule has 0 saturated heterocycles. The summed E-state index contributed by atoms with van der Waals surface area (Å²) in [5.41, 5.74) is 0.436. The van der Waals surface area contributed by atoms with Crippen molar-refractivity contribution in [1.29, 1.82) is 0 Å². The summed E-state index contributed by atoms with van der Waals surface area (Å²) in [6, 6.07) is 10.8. The van der Waals surface area contributed by atoms with Crippen molar-refractivity contribution in [3.63, 3.8) is 0 Å². The Morgan fingerprint density at radius 3 is 1.32 bits per heavy atom. The molecule has 0 aliphatic heterocycles. The predicted molar refractivity (Wildman–Crippen MR) is 98.3 cm³/mol. The predicted octanol–water partition coefficient (Wildman–Crippen LogP) is 2.73. The number of ketones is 3. The Balaban J connectivity index is 2.08. The molecule has 0 unspecified atom stereocenters. The Kier molecular flexibility index (Phi) is 6.34. The minimum absolute atomic E-state index is 0.0767. The molecular weight excluding hydrogens is 364 g/mol. The van der Waals surface area contributed by atoms with E-state index in [1.807, 2.05) is 0 Å². The van der Waals surface area contributed by atoms with E-state index in [-0.39, 0.29) is 28.2 Å². The zero-order chi connectivity index (χ0) is 20.8. The number of hydrogen-bond donors (Lipinski definition) is 0. The van der Waals surface area contributed by atoms with Crippen LogP contribution in [-0.2, 0) is 14.4 Å². The van der Waals surface area contributed by atoms with Gasteiger partial charge in [-0.25, -0.2) is 9.59 Å². The van der Waals surface area contributed by atoms with E-state index in [1.54, 1.807) is 0 Å². The molecule has 0 fully saturated rings. The van der Waals surface area contributed by atoms with E-state index >= 15 is 0 Å². The fraction of sp³-hybridized carbons (Fsp3) is 0.0952. The molecule has 7 heteroatoms. The van der Waals surface area contributed by atoms with E-state index < -0.39 is 29.3 Å². The van der Waals surface area contributed by atoms with Crippen molar-refractivity contribution in [2.24, 2.45) is 0 Å². The zero-order valence-corrected chi connectivity index (χ0v) is 15.2. The third kappa shape index (κ3) is 5.07. The highest BCUT2D eigenvalue weighted by Crippen LogP contribution is 2.17. The fourth-order valence-electron chi connectivity index (χ4n) is 1.98. The van der Waals surface area contributed by atoms with Crippen LogP contribution in [0, 0.1) is 0 Å². The molecule has 0 saturated carbocycles. The SMILES string of the molecule is C=C(C)C(=O)Oc1ccc(C(=O)C(=O)c2ccc(OC(=O)C(C)=O)cc2)cc1. The van der Waals surface area contributed by atoms with Crippen LogP contribution in [0.5, 0.6) is 11.5 Å². The lowest BCUT2D eigenvalue weighted by atomic mass is 10.0. The van der Waals surface area contributed by atoms with Crippen LogP contribution in [0.15, 0.2) is 60.7 Å². The Morgan fingerprint density at radius 1 is 0.643 bits per heavy atom. The van der Waals surface area contributed by atoms with Gasteiger partial charge in [0.2, 0.25) is 17.3 Å². The van der Waals surface area contributed by atoms with Gasteiger partial charge in [-0.1, -0.05) is 6.58 Å². The summed E-state index contributed by atoms with van der Waals surface area (Å²) in [4.78, 5) is 58.2. The molecule has 2 rings (SSSR count). The number of hydrogen-bond acceptors (Lipinski definition) is 7. The highest BCUT2D eigenvalue weighted by atomic mass is 16.5.